The van der Waals surface area contributed by atoms with Crippen LogP contribution in [0.5, 0.6) is 0 Å². The molecule has 87 heavy (non-hydrogen) atoms. The minimum Gasteiger partial charge on any atom is -0.309 e. The van der Waals surface area contributed by atoms with Crippen molar-refractivity contribution in [3.05, 3.63) is 266 Å². The van der Waals surface area contributed by atoms with Gasteiger partial charge >= 0.3 is 12.4 Å². The Morgan fingerprint density at radius 1 is 0.230 bits per heavy atom. The molecule has 14 aromatic rings. The largest absolute Gasteiger partial charge is 0.416 e. The molecule has 10 nitrogen and oxygen atoms in total. The maximum atomic E-state index is 14.9. The summed E-state index contributed by atoms with van der Waals surface area (Å²) in [6.07, 6.45) is -10.3. The molecular weight excluding hydrogens is 1110 g/mol. The highest BCUT2D eigenvalue weighted by molar-refractivity contribution is 6.11. The second kappa shape index (κ2) is 22.0. The highest BCUT2D eigenvalue weighted by Crippen LogP contribution is 2.44. The molecular formula is C71H42F6N10. The summed E-state index contributed by atoms with van der Waals surface area (Å²) in [6.45, 7) is 0. The number of benzene rings is 10. The molecule has 0 atom stereocenters. The molecule has 16 heteroatoms. The van der Waals surface area contributed by atoms with Crippen LogP contribution in [0.25, 0.3) is 141 Å². The van der Waals surface area contributed by atoms with Gasteiger partial charge in [-0.1, -0.05) is 182 Å². The quantitative estimate of drug-likeness (QED) is 0.117. The molecule has 0 aliphatic heterocycles. The first-order valence-corrected chi connectivity index (χ1v) is 27.5. The third-order valence-corrected chi connectivity index (χ3v) is 14.8. The van der Waals surface area contributed by atoms with Crippen molar-refractivity contribution in [3.63, 3.8) is 0 Å². The summed E-state index contributed by atoms with van der Waals surface area (Å²) in [5, 5.41) is 1.38. The Labute approximate surface area is 493 Å². The summed E-state index contributed by atoms with van der Waals surface area (Å²) in [6, 6.07) is 74.4. The van der Waals surface area contributed by atoms with Crippen LogP contribution >= 0.6 is 0 Å². The van der Waals surface area contributed by atoms with Gasteiger partial charge in [-0.3, -0.25) is 0 Å². The summed E-state index contributed by atoms with van der Waals surface area (Å²) >= 11 is 0. The third kappa shape index (κ3) is 10.7. The van der Waals surface area contributed by atoms with Gasteiger partial charge in [0.05, 0.1) is 22.2 Å². The molecule has 0 radical (unpaired) electrons. The molecule has 0 unspecified atom stereocenters. The van der Waals surface area contributed by atoms with Crippen LogP contribution < -0.4 is 0 Å². The first-order chi connectivity index (χ1) is 42.3. The smallest absolute Gasteiger partial charge is 0.309 e. The number of alkyl halides is 6. The van der Waals surface area contributed by atoms with Crippen LogP contribution in [0.4, 0.5) is 26.3 Å². The number of rotatable bonds is 11. The Kier molecular flexibility index (Phi) is 13.5. The van der Waals surface area contributed by atoms with Crippen molar-refractivity contribution in [1.82, 2.24) is 49.4 Å². The normalized spacial score (nSPS) is 11.8. The molecule has 0 aliphatic rings. The lowest BCUT2D eigenvalue weighted by atomic mass is 9.94. The van der Waals surface area contributed by atoms with Gasteiger partial charge in [0.25, 0.3) is 0 Å². The van der Waals surface area contributed by atoms with E-state index >= 15 is 0 Å². The maximum absolute atomic E-state index is 14.9. The average Bonchev–Trinajstić information content (AvgIpc) is 1.98. The minimum absolute atomic E-state index is 0.0101. The van der Waals surface area contributed by atoms with Crippen LogP contribution in [-0.4, -0.2) is 49.4 Å². The zero-order valence-corrected chi connectivity index (χ0v) is 45.5. The van der Waals surface area contributed by atoms with Crippen LogP contribution in [0.2, 0.25) is 0 Å². The lowest BCUT2D eigenvalue weighted by Gasteiger charge is -2.18. The highest BCUT2D eigenvalue weighted by atomic mass is 19.4. The van der Waals surface area contributed by atoms with Crippen molar-refractivity contribution in [2.24, 2.45) is 0 Å². The topological polar surface area (TPSA) is 121 Å². The van der Waals surface area contributed by atoms with Crippen LogP contribution in [0.1, 0.15) is 11.1 Å². The molecule has 0 aliphatic carbocycles. The number of nitrogens with zero attached hydrogens (tertiary/aromatic N) is 10. The van der Waals surface area contributed by atoms with Gasteiger partial charge in [0.1, 0.15) is 0 Å². The first-order valence-electron chi connectivity index (χ1n) is 27.5. The number of halogens is 6. The van der Waals surface area contributed by atoms with Crippen molar-refractivity contribution >= 4 is 21.8 Å². The van der Waals surface area contributed by atoms with Gasteiger partial charge in [0, 0.05) is 66.5 Å². The van der Waals surface area contributed by atoms with Crippen LogP contribution in [0.3, 0.4) is 0 Å². The van der Waals surface area contributed by atoms with Gasteiger partial charge in [-0.2, -0.15) is 26.3 Å². The van der Waals surface area contributed by atoms with Gasteiger partial charge in [0.15, 0.2) is 52.4 Å². The van der Waals surface area contributed by atoms with E-state index in [4.69, 9.17) is 44.9 Å². The minimum atomic E-state index is -5.16. The Morgan fingerprint density at radius 2 is 0.517 bits per heavy atom. The SMILES string of the molecule is FC(F)(F)c1cc(-c2cc(-n3c4ccc(-c5nc(-c6ccccc6)nc(-c6ccccc6)n5)cc4c4cc(-c5nc(-c6ccccc6)nc(-c6ccccc6)n5)ccc43)ccc2-c2nc(-c3ccccc3)nc(-c3ccccc3)n2)cc(C(F)(F)F)c1. The van der Waals surface area contributed by atoms with Gasteiger partial charge in [0.2, 0.25) is 0 Å². The predicted octanol–water partition coefficient (Wildman–Crippen LogP) is 18.0. The Morgan fingerprint density at radius 3 is 0.816 bits per heavy atom. The van der Waals surface area contributed by atoms with Gasteiger partial charge < -0.3 is 4.57 Å². The molecule has 14 rings (SSSR count). The molecule has 0 amide bonds. The summed E-state index contributed by atoms with van der Waals surface area (Å²) in [4.78, 5) is 44.6. The van der Waals surface area contributed by atoms with Crippen molar-refractivity contribution < 1.29 is 26.3 Å². The number of fused-ring (bicyclic) bond motifs is 3. The summed E-state index contributed by atoms with van der Waals surface area (Å²) in [5.41, 5.74) is 3.95. The van der Waals surface area contributed by atoms with E-state index < -0.39 is 23.5 Å². The van der Waals surface area contributed by atoms with Crippen LogP contribution in [0.15, 0.2) is 255 Å². The Bertz CT molecular complexity index is 4490. The molecule has 0 saturated heterocycles. The number of hydrogen-bond donors (Lipinski definition) is 0. The van der Waals surface area contributed by atoms with Crippen molar-refractivity contribution in [1.29, 1.82) is 0 Å². The Balaban J connectivity index is 1.03. The van der Waals surface area contributed by atoms with E-state index in [1.54, 1.807) is 42.5 Å². The fourth-order valence-corrected chi connectivity index (χ4v) is 10.6. The van der Waals surface area contributed by atoms with Crippen molar-refractivity contribution in [3.8, 4) is 119 Å². The monoisotopic (exact) mass is 1150 g/mol. The summed E-state index contributed by atoms with van der Waals surface area (Å²) in [5.74, 6) is 3.02. The standard InChI is InChI=1S/C71H42F6N10/c72-70(73,74)52-37-51(38-53(41-52)71(75,76)77)56-42-54(33-34-55(56)69-85-65(47-27-15-5-16-28-47)80-66(86-69)48-29-17-6-18-30-48)87-59-35-31-49(67-81-61(43-19-7-1-8-20-43)78-62(82-67)44-21-9-2-10-22-44)39-57(59)58-40-50(32-36-60(58)87)68-83-63(45-23-11-3-12-24-45)79-64(84-68)46-25-13-4-14-26-46/h1-42H. The second-order valence-corrected chi connectivity index (χ2v) is 20.4. The predicted molar refractivity (Wildman–Crippen MR) is 325 cm³/mol. The molecule has 0 bridgehead atoms. The first kappa shape index (κ1) is 53.6. The number of aromatic nitrogens is 10. The highest BCUT2D eigenvalue weighted by Gasteiger charge is 2.37. The molecule has 4 aromatic heterocycles. The zero-order valence-electron chi connectivity index (χ0n) is 45.5. The van der Waals surface area contributed by atoms with Crippen LogP contribution in [0, 0.1) is 0 Å². The molecule has 418 valence electrons. The maximum Gasteiger partial charge on any atom is 0.416 e. The molecule has 0 N–H and O–H groups in total. The summed E-state index contributed by atoms with van der Waals surface area (Å²) in [7, 11) is 0. The van der Waals surface area contributed by atoms with E-state index in [-0.39, 0.29) is 40.2 Å². The molecule has 0 saturated carbocycles. The van der Waals surface area contributed by atoms with Crippen molar-refractivity contribution in [2.75, 3.05) is 0 Å². The Hall–Kier alpha value is -11.4. The van der Waals surface area contributed by atoms with Gasteiger partial charge in [-0.15, -0.1) is 0 Å². The van der Waals surface area contributed by atoms with E-state index in [1.807, 2.05) is 199 Å². The van der Waals surface area contributed by atoms with Gasteiger partial charge in [-0.25, -0.2) is 44.9 Å². The van der Waals surface area contributed by atoms with E-state index in [9.17, 15) is 26.3 Å². The lowest BCUT2D eigenvalue weighted by molar-refractivity contribution is -0.143. The second-order valence-electron chi connectivity index (χ2n) is 20.4. The molecule has 0 fully saturated rings. The van der Waals surface area contributed by atoms with Crippen molar-refractivity contribution in [2.45, 2.75) is 12.4 Å². The third-order valence-electron chi connectivity index (χ3n) is 14.8. The van der Waals surface area contributed by atoms with E-state index in [0.717, 1.165) is 34.4 Å². The van der Waals surface area contributed by atoms with E-state index in [0.29, 0.717) is 84.7 Å². The zero-order chi connectivity index (χ0) is 59.2. The van der Waals surface area contributed by atoms with E-state index in [2.05, 4.69) is 0 Å². The lowest BCUT2D eigenvalue weighted by Crippen LogP contribution is -2.11. The van der Waals surface area contributed by atoms with Crippen LogP contribution in [-0.2, 0) is 12.4 Å². The fourth-order valence-electron chi connectivity index (χ4n) is 10.6. The van der Waals surface area contributed by atoms with E-state index in [1.165, 1.54) is 0 Å². The molecule has 0 spiro atoms. The average molecular weight is 1150 g/mol. The molecule has 4 heterocycles. The summed E-state index contributed by atoms with van der Waals surface area (Å²) < 4.78 is 91.5. The van der Waals surface area contributed by atoms with Gasteiger partial charge in [-0.05, 0) is 83.9 Å². The number of hydrogen-bond acceptors (Lipinski definition) is 9. The molecule has 10 aromatic carbocycles. The fraction of sp³-hybridized carbons (Fsp3) is 0.0282.